The van der Waals surface area contributed by atoms with Crippen LogP contribution in [0.3, 0.4) is 0 Å². The molecule has 1 fully saturated rings. The molecule has 1 N–H and O–H groups in total. The highest BCUT2D eigenvalue weighted by Gasteiger charge is 2.30. The van der Waals surface area contributed by atoms with Gasteiger partial charge in [-0.2, -0.15) is 12.6 Å². The van der Waals surface area contributed by atoms with E-state index >= 15 is 0 Å². The van der Waals surface area contributed by atoms with Crippen LogP contribution < -0.4 is 5.32 Å². The third-order valence-electron chi connectivity index (χ3n) is 2.44. The summed E-state index contributed by atoms with van der Waals surface area (Å²) < 4.78 is 0. The molecule has 1 nitrogen and oxygen atoms in total. The summed E-state index contributed by atoms with van der Waals surface area (Å²) in [7, 11) is 2.80. The van der Waals surface area contributed by atoms with E-state index in [1.54, 1.807) is 0 Å². The van der Waals surface area contributed by atoms with Crippen LogP contribution in [0.15, 0.2) is 0 Å². The number of nitrogens with one attached hydrogen (secondary N) is 1. The Bertz CT molecular complexity index is 178. The van der Waals surface area contributed by atoms with E-state index in [2.05, 4.69) is 33.1 Å². The van der Waals surface area contributed by atoms with E-state index in [4.69, 9.17) is 6.42 Å². The SMILES string of the molecule is C#CCNC1CC(S)CC1CP. The van der Waals surface area contributed by atoms with Crippen LogP contribution in [0.25, 0.3) is 0 Å². The van der Waals surface area contributed by atoms with Crippen molar-refractivity contribution in [3.05, 3.63) is 0 Å². The monoisotopic (exact) mass is 201 g/mol. The molecule has 1 aliphatic rings. The summed E-state index contributed by atoms with van der Waals surface area (Å²) in [5.41, 5.74) is 0. The van der Waals surface area contributed by atoms with Crippen LogP contribution >= 0.6 is 21.9 Å². The summed E-state index contributed by atoms with van der Waals surface area (Å²) in [4.78, 5) is 0. The minimum Gasteiger partial charge on any atom is -0.303 e. The zero-order valence-electron chi connectivity index (χ0n) is 7.16. The predicted molar refractivity (Wildman–Crippen MR) is 60.7 cm³/mol. The minimum atomic E-state index is 0.561. The number of hydrogen-bond donors (Lipinski definition) is 2. The van der Waals surface area contributed by atoms with E-state index in [-0.39, 0.29) is 0 Å². The quantitative estimate of drug-likeness (QED) is 0.397. The first-order valence-electron chi connectivity index (χ1n) is 4.33. The summed E-state index contributed by atoms with van der Waals surface area (Å²) in [5, 5.41) is 3.93. The fourth-order valence-corrected chi connectivity index (χ4v) is 2.81. The van der Waals surface area contributed by atoms with Crippen LogP contribution in [-0.2, 0) is 0 Å². The molecule has 0 aliphatic heterocycles. The van der Waals surface area contributed by atoms with Gasteiger partial charge in [0.15, 0.2) is 0 Å². The molecule has 1 saturated carbocycles. The third kappa shape index (κ3) is 2.66. The maximum Gasteiger partial charge on any atom is 0.0576 e. The fourth-order valence-electron chi connectivity index (χ4n) is 1.80. The summed E-state index contributed by atoms with van der Waals surface area (Å²) in [6.07, 6.45) is 8.72. The van der Waals surface area contributed by atoms with Crippen molar-refractivity contribution in [1.82, 2.24) is 5.32 Å². The molecule has 0 spiro atoms. The second-order valence-electron chi connectivity index (χ2n) is 3.31. The molecule has 0 bridgehead atoms. The zero-order valence-corrected chi connectivity index (χ0v) is 9.21. The lowest BCUT2D eigenvalue weighted by atomic mass is 10.1. The van der Waals surface area contributed by atoms with Gasteiger partial charge in [-0.1, -0.05) is 5.92 Å². The zero-order chi connectivity index (χ0) is 8.97. The van der Waals surface area contributed by atoms with Gasteiger partial charge in [-0.05, 0) is 24.9 Å². The first-order chi connectivity index (χ1) is 5.77. The largest absolute Gasteiger partial charge is 0.303 e. The molecule has 3 heteroatoms. The standard InChI is InChI=1S/C9H16NPS/c1-2-3-10-9-5-8(12)4-7(9)6-11/h1,7-10,12H,3-6,11H2. The van der Waals surface area contributed by atoms with Crippen molar-refractivity contribution in [3.8, 4) is 12.3 Å². The predicted octanol–water partition coefficient (Wildman–Crippen LogP) is 1.16. The molecule has 12 heavy (non-hydrogen) atoms. The molecular weight excluding hydrogens is 185 g/mol. The van der Waals surface area contributed by atoms with E-state index < -0.39 is 0 Å². The van der Waals surface area contributed by atoms with Crippen LogP contribution in [0, 0.1) is 18.3 Å². The Labute approximate surface area is 82.7 Å². The lowest BCUT2D eigenvalue weighted by molar-refractivity contribution is 0.453. The molecule has 0 saturated heterocycles. The van der Waals surface area contributed by atoms with Gasteiger partial charge >= 0.3 is 0 Å². The van der Waals surface area contributed by atoms with Crippen molar-refractivity contribution in [1.29, 1.82) is 0 Å². The van der Waals surface area contributed by atoms with E-state index in [1.807, 2.05) is 0 Å². The summed E-state index contributed by atoms with van der Waals surface area (Å²) in [6.45, 7) is 0.687. The van der Waals surface area contributed by atoms with Gasteiger partial charge in [0.25, 0.3) is 0 Å². The van der Waals surface area contributed by atoms with Gasteiger partial charge in [0, 0.05) is 11.3 Å². The molecule has 0 heterocycles. The Morgan fingerprint density at radius 1 is 1.58 bits per heavy atom. The normalized spacial score (nSPS) is 34.9. The Morgan fingerprint density at radius 2 is 2.33 bits per heavy atom. The summed E-state index contributed by atoms with van der Waals surface area (Å²) in [6, 6.07) is 0.584. The van der Waals surface area contributed by atoms with Gasteiger partial charge in [0.05, 0.1) is 6.54 Å². The summed E-state index contributed by atoms with van der Waals surface area (Å²) >= 11 is 4.49. The Kier molecular flexibility index (Phi) is 4.43. The van der Waals surface area contributed by atoms with E-state index in [9.17, 15) is 0 Å². The molecule has 1 rings (SSSR count). The number of thiol groups is 1. The molecule has 0 aromatic rings. The van der Waals surface area contributed by atoms with Crippen LogP contribution in [0.2, 0.25) is 0 Å². The van der Waals surface area contributed by atoms with Crippen molar-refractivity contribution < 1.29 is 0 Å². The number of rotatable bonds is 3. The maximum absolute atomic E-state index is 5.19. The van der Waals surface area contributed by atoms with E-state index in [0.29, 0.717) is 17.8 Å². The lowest BCUT2D eigenvalue weighted by Gasteiger charge is -2.17. The first kappa shape index (κ1) is 10.4. The lowest BCUT2D eigenvalue weighted by Crippen LogP contribution is -2.33. The second-order valence-corrected chi connectivity index (χ2v) is 4.51. The average molecular weight is 201 g/mol. The molecule has 0 aromatic carbocycles. The maximum atomic E-state index is 5.19. The van der Waals surface area contributed by atoms with Gasteiger partial charge < -0.3 is 5.32 Å². The molecule has 1 aliphatic carbocycles. The molecule has 0 radical (unpaired) electrons. The van der Waals surface area contributed by atoms with Crippen molar-refractivity contribution in [2.45, 2.75) is 24.1 Å². The van der Waals surface area contributed by atoms with Gasteiger partial charge in [-0.3, -0.25) is 0 Å². The highest BCUT2D eigenvalue weighted by molar-refractivity contribution is 7.81. The van der Waals surface area contributed by atoms with Crippen molar-refractivity contribution in [3.63, 3.8) is 0 Å². The highest BCUT2D eigenvalue weighted by Crippen LogP contribution is 2.30. The second kappa shape index (κ2) is 5.12. The van der Waals surface area contributed by atoms with Gasteiger partial charge in [-0.15, -0.1) is 15.7 Å². The summed E-state index contributed by atoms with van der Waals surface area (Å²) in [5.74, 6) is 3.35. The molecule has 0 aromatic heterocycles. The van der Waals surface area contributed by atoms with Crippen LogP contribution in [0.4, 0.5) is 0 Å². The first-order valence-corrected chi connectivity index (χ1v) is 5.66. The Morgan fingerprint density at radius 3 is 2.92 bits per heavy atom. The molecule has 0 amide bonds. The molecule has 68 valence electrons. The van der Waals surface area contributed by atoms with Gasteiger partial charge in [-0.25, -0.2) is 0 Å². The van der Waals surface area contributed by atoms with Crippen LogP contribution in [0.5, 0.6) is 0 Å². The molecule has 4 unspecified atom stereocenters. The van der Waals surface area contributed by atoms with Crippen molar-refractivity contribution >= 4 is 21.9 Å². The number of terminal acetylenes is 1. The van der Waals surface area contributed by atoms with Gasteiger partial charge in [0.2, 0.25) is 0 Å². The van der Waals surface area contributed by atoms with E-state index in [0.717, 1.165) is 18.5 Å². The third-order valence-corrected chi connectivity index (χ3v) is 3.47. The van der Waals surface area contributed by atoms with Crippen LogP contribution in [0.1, 0.15) is 12.8 Å². The van der Waals surface area contributed by atoms with Crippen molar-refractivity contribution in [2.24, 2.45) is 5.92 Å². The Balaban J connectivity index is 2.36. The topological polar surface area (TPSA) is 12.0 Å². The highest BCUT2D eigenvalue weighted by atomic mass is 32.1. The Hall–Kier alpha value is 0.300. The smallest absolute Gasteiger partial charge is 0.0576 e. The minimum absolute atomic E-state index is 0.561. The molecular formula is C9H16NPS. The van der Waals surface area contributed by atoms with Crippen molar-refractivity contribution in [2.75, 3.05) is 12.7 Å². The van der Waals surface area contributed by atoms with Gasteiger partial charge in [0.1, 0.15) is 0 Å². The average Bonchev–Trinajstić information content (AvgIpc) is 2.42. The number of hydrogen-bond acceptors (Lipinski definition) is 2. The molecule has 4 atom stereocenters. The fraction of sp³-hybridized carbons (Fsp3) is 0.778. The van der Waals surface area contributed by atoms with Crippen LogP contribution in [-0.4, -0.2) is 24.0 Å². The van der Waals surface area contributed by atoms with E-state index in [1.165, 1.54) is 6.42 Å².